The van der Waals surface area contributed by atoms with E-state index in [-0.39, 0.29) is 11.2 Å². The maximum Gasteiger partial charge on any atom is 0.208 e. The van der Waals surface area contributed by atoms with Crippen LogP contribution in [0.4, 0.5) is 4.39 Å². The Hall–Kier alpha value is -1.34. The van der Waals surface area contributed by atoms with E-state index in [2.05, 4.69) is 15.9 Å². The van der Waals surface area contributed by atoms with Crippen LogP contribution in [0.2, 0.25) is 0 Å². The standard InChI is InChI=1S/C13H11BrFNO/c1-13(2,3)12-7-4-8(14)9(15)5-10(7)17-11(12)6-16/h4-5H,1-3H3. The highest BCUT2D eigenvalue weighted by atomic mass is 79.9. The normalized spacial score (nSPS) is 11.8. The molecular weight excluding hydrogens is 285 g/mol. The molecule has 0 aliphatic rings. The number of nitriles is 1. The highest BCUT2D eigenvalue weighted by Crippen LogP contribution is 2.37. The van der Waals surface area contributed by atoms with E-state index in [1.54, 1.807) is 6.07 Å². The minimum atomic E-state index is -0.392. The van der Waals surface area contributed by atoms with Gasteiger partial charge in [0.05, 0.1) is 4.47 Å². The summed E-state index contributed by atoms with van der Waals surface area (Å²) in [5.74, 6) is -0.138. The van der Waals surface area contributed by atoms with E-state index in [1.807, 2.05) is 26.8 Å². The van der Waals surface area contributed by atoms with Crippen LogP contribution in [-0.4, -0.2) is 0 Å². The number of halogens is 2. The largest absolute Gasteiger partial charge is 0.445 e. The van der Waals surface area contributed by atoms with E-state index in [1.165, 1.54) is 6.07 Å². The number of nitrogens with zero attached hydrogens (tertiary/aromatic N) is 1. The Morgan fingerprint density at radius 2 is 2.00 bits per heavy atom. The molecular formula is C13H11BrFNO. The lowest BCUT2D eigenvalue weighted by Gasteiger charge is -2.17. The number of fused-ring (bicyclic) bond motifs is 1. The van der Waals surface area contributed by atoms with E-state index >= 15 is 0 Å². The quantitative estimate of drug-likeness (QED) is 0.717. The second-order valence-corrected chi connectivity index (χ2v) is 5.78. The second-order valence-electron chi connectivity index (χ2n) is 4.93. The average Bonchev–Trinajstić information content (AvgIpc) is 2.56. The first-order valence-corrected chi connectivity index (χ1v) is 5.96. The van der Waals surface area contributed by atoms with Gasteiger partial charge in [-0.05, 0) is 27.4 Å². The van der Waals surface area contributed by atoms with Crippen LogP contribution >= 0.6 is 15.9 Å². The van der Waals surface area contributed by atoms with Crippen molar-refractivity contribution in [2.75, 3.05) is 0 Å². The fourth-order valence-electron chi connectivity index (χ4n) is 1.92. The van der Waals surface area contributed by atoms with E-state index < -0.39 is 5.82 Å². The van der Waals surface area contributed by atoms with Crippen LogP contribution in [-0.2, 0) is 5.41 Å². The predicted octanol–water partition coefficient (Wildman–Crippen LogP) is 4.50. The molecule has 4 heteroatoms. The van der Waals surface area contributed by atoms with Gasteiger partial charge in [0, 0.05) is 17.0 Å². The molecule has 2 rings (SSSR count). The lowest BCUT2D eigenvalue weighted by Crippen LogP contribution is -2.12. The Bertz CT molecular complexity index is 631. The van der Waals surface area contributed by atoms with Crippen LogP contribution in [0.15, 0.2) is 21.0 Å². The molecule has 0 saturated carbocycles. The molecule has 1 heterocycles. The molecule has 0 atom stereocenters. The highest BCUT2D eigenvalue weighted by molar-refractivity contribution is 9.10. The minimum Gasteiger partial charge on any atom is -0.445 e. The third-order valence-electron chi connectivity index (χ3n) is 2.58. The Balaban J connectivity index is 2.90. The van der Waals surface area contributed by atoms with Gasteiger partial charge in [0.1, 0.15) is 17.5 Å². The number of hydrogen-bond acceptors (Lipinski definition) is 2. The van der Waals surface area contributed by atoms with Crippen molar-refractivity contribution < 1.29 is 8.81 Å². The zero-order valence-electron chi connectivity index (χ0n) is 9.77. The third-order valence-corrected chi connectivity index (χ3v) is 3.19. The summed E-state index contributed by atoms with van der Waals surface area (Å²) in [7, 11) is 0. The van der Waals surface area contributed by atoms with Crippen molar-refractivity contribution in [1.82, 2.24) is 0 Å². The SMILES string of the molecule is CC(C)(C)c1c(C#N)oc2cc(F)c(Br)cc12. The van der Waals surface area contributed by atoms with Crippen molar-refractivity contribution in [2.24, 2.45) is 0 Å². The molecule has 1 aromatic heterocycles. The van der Waals surface area contributed by atoms with Crippen LogP contribution in [0.3, 0.4) is 0 Å². The lowest BCUT2D eigenvalue weighted by atomic mass is 9.85. The molecule has 88 valence electrons. The molecule has 1 aromatic carbocycles. The molecule has 0 bridgehead atoms. The Morgan fingerprint density at radius 3 is 2.53 bits per heavy atom. The van der Waals surface area contributed by atoms with Crippen molar-refractivity contribution in [1.29, 1.82) is 5.26 Å². The molecule has 0 N–H and O–H groups in total. The van der Waals surface area contributed by atoms with Gasteiger partial charge < -0.3 is 4.42 Å². The molecule has 0 fully saturated rings. The molecule has 2 nitrogen and oxygen atoms in total. The minimum absolute atomic E-state index is 0.229. The van der Waals surface area contributed by atoms with E-state index in [0.29, 0.717) is 10.1 Å². The number of benzene rings is 1. The van der Waals surface area contributed by atoms with Gasteiger partial charge in [-0.15, -0.1) is 0 Å². The van der Waals surface area contributed by atoms with Crippen LogP contribution in [0.1, 0.15) is 32.1 Å². The van der Waals surface area contributed by atoms with Gasteiger partial charge in [0.25, 0.3) is 0 Å². The van der Waals surface area contributed by atoms with Gasteiger partial charge in [-0.1, -0.05) is 20.8 Å². The summed E-state index contributed by atoms with van der Waals surface area (Å²) in [6.45, 7) is 5.99. The summed E-state index contributed by atoms with van der Waals surface area (Å²) in [5, 5.41) is 9.85. The molecule has 2 aromatic rings. The van der Waals surface area contributed by atoms with Crippen molar-refractivity contribution in [3.63, 3.8) is 0 Å². The molecule has 0 saturated heterocycles. The molecule has 0 aliphatic heterocycles. The first kappa shape index (κ1) is 12.1. The number of hydrogen-bond donors (Lipinski definition) is 0. The zero-order valence-corrected chi connectivity index (χ0v) is 11.4. The molecule has 0 amide bonds. The Kier molecular flexibility index (Phi) is 2.75. The van der Waals surface area contributed by atoms with Crippen molar-refractivity contribution in [3.8, 4) is 6.07 Å². The van der Waals surface area contributed by atoms with E-state index in [9.17, 15) is 4.39 Å². The molecule has 0 aliphatic carbocycles. The first-order chi connectivity index (χ1) is 7.84. The first-order valence-electron chi connectivity index (χ1n) is 5.16. The van der Waals surface area contributed by atoms with Gasteiger partial charge in [-0.3, -0.25) is 0 Å². The van der Waals surface area contributed by atoms with Gasteiger partial charge >= 0.3 is 0 Å². The van der Waals surface area contributed by atoms with Crippen molar-refractivity contribution in [3.05, 3.63) is 33.7 Å². The van der Waals surface area contributed by atoms with Crippen LogP contribution in [0.5, 0.6) is 0 Å². The molecule has 17 heavy (non-hydrogen) atoms. The predicted molar refractivity (Wildman–Crippen MR) is 67.3 cm³/mol. The van der Waals surface area contributed by atoms with Crippen LogP contribution in [0.25, 0.3) is 11.0 Å². The maximum absolute atomic E-state index is 13.4. The monoisotopic (exact) mass is 295 g/mol. The van der Waals surface area contributed by atoms with Gasteiger partial charge in [-0.25, -0.2) is 4.39 Å². The fourth-order valence-corrected chi connectivity index (χ4v) is 2.26. The smallest absolute Gasteiger partial charge is 0.208 e. The third kappa shape index (κ3) is 1.96. The van der Waals surface area contributed by atoms with Crippen molar-refractivity contribution in [2.45, 2.75) is 26.2 Å². The van der Waals surface area contributed by atoms with Crippen LogP contribution < -0.4 is 0 Å². The lowest BCUT2D eigenvalue weighted by molar-refractivity contribution is 0.544. The average molecular weight is 296 g/mol. The van der Waals surface area contributed by atoms with Crippen molar-refractivity contribution >= 4 is 26.9 Å². The summed E-state index contributed by atoms with van der Waals surface area (Å²) in [5.41, 5.74) is 0.996. The summed E-state index contributed by atoms with van der Waals surface area (Å²) in [6.07, 6.45) is 0. The Morgan fingerprint density at radius 1 is 1.35 bits per heavy atom. The summed E-state index contributed by atoms with van der Waals surface area (Å²) in [6, 6.07) is 4.99. The summed E-state index contributed by atoms with van der Waals surface area (Å²) in [4.78, 5) is 0. The van der Waals surface area contributed by atoms with Crippen LogP contribution in [0, 0.1) is 17.1 Å². The summed E-state index contributed by atoms with van der Waals surface area (Å²) < 4.78 is 19.2. The topological polar surface area (TPSA) is 36.9 Å². The molecule has 0 unspecified atom stereocenters. The van der Waals surface area contributed by atoms with E-state index in [0.717, 1.165) is 10.9 Å². The van der Waals surface area contributed by atoms with E-state index in [4.69, 9.17) is 9.68 Å². The Labute approximate surface area is 107 Å². The number of rotatable bonds is 0. The zero-order chi connectivity index (χ0) is 12.8. The molecule has 0 radical (unpaired) electrons. The van der Waals surface area contributed by atoms with Gasteiger partial charge in [0.2, 0.25) is 5.76 Å². The fraction of sp³-hybridized carbons (Fsp3) is 0.308. The maximum atomic E-state index is 13.4. The highest BCUT2D eigenvalue weighted by Gasteiger charge is 2.26. The second kappa shape index (κ2) is 3.85. The van der Waals surface area contributed by atoms with Gasteiger partial charge in [-0.2, -0.15) is 5.26 Å². The van der Waals surface area contributed by atoms with Gasteiger partial charge in [0.15, 0.2) is 0 Å². The summed E-state index contributed by atoms with van der Waals surface area (Å²) >= 11 is 3.15. The molecule has 0 spiro atoms. The number of furan rings is 1.